The molecule has 2 nitrogen and oxygen atoms in total. The Morgan fingerprint density at radius 2 is 1.78 bits per heavy atom. The van der Waals surface area contributed by atoms with Crippen molar-refractivity contribution in [1.29, 1.82) is 0 Å². The molecule has 3 atom stereocenters. The van der Waals surface area contributed by atoms with Crippen LogP contribution in [0.25, 0.3) is 0 Å². The number of hydrogen-bond donors (Lipinski definition) is 1. The van der Waals surface area contributed by atoms with Crippen molar-refractivity contribution in [3.63, 3.8) is 0 Å². The van der Waals surface area contributed by atoms with Crippen molar-refractivity contribution in [3.05, 3.63) is 0 Å². The zero-order valence-electron chi connectivity index (χ0n) is 12.4. The predicted molar refractivity (Wildman–Crippen MR) is 76.7 cm³/mol. The Morgan fingerprint density at radius 3 is 2.33 bits per heavy atom. The molecule has 2 bridgehead atoms. The van der Waals surface area contributed by atoms with Crippen molar-refractivity contribution in [1.82, 2.24) is 10.2 Å². The highest BCUT2D eigenvalue weighted by Gasteiger charge is 2.38. The summed E-state index contributed by atoms with van der Waals surface area (Å²) in [6.45, 7) is 11.4. The molecule has 4 rings (SSSR count). The molecule has 0 aromatic rings. The second-order valence-corrected chi connectivity index (χ2v) is 7.90. The van der Waals surface area contributed by atoms with E-state index < -0.39 is 0 Å². The Balaban J connectivity index is 1.57. The Morgan fingerprint density at radius 1 is 1.06 bits per heavy atom. The lowest BCUT2D eigenvalue weighted by molar-refractivity contribution is 0.0501. The second kappa shape index (κ2) is 4.79. The Bertz CT molecular complexity index is 291. The lowest BCUT2D eigenvalue weighted by Crippen LogP contribution is -2.59. The molecule has 0 amide bonds. The summed E-state index contributed by atoms with van der Waals surface area (Å²) >= 11 is 0. The summed E-state index contributed by atoms with van der Waals surface area (Å²) in [6.07, 6.45) is 7.05. The van der Waals surface area contributed by atoms with Crippen molar-refractivity contribution in [2.45, 2.75) is 65.0 Å². The molecule has 4 aliphatic rings. The molecule has 0 aromatic carbocycles. The van der Waals surface area contributed by atoms with E-state index in [0.717, 1.165) is 23.9 Å². The molecule has 3 unspecified atom stereocenters. The molecule has 0 spiro atoms. The number of hydrogen-bond acceptors (Lipinski definition) is 2. The standard InChI is InChI=1S/C16H30N2/c1-12-10-16(2,3)7-4-14(12)17-15-11-18-8-5-13(15)6-9-18/h12-15,17H,4-11H2,1-3H3. The average Bonchev–Trinajstić information content (AvgIpc) is 2.34. The van der Waals surface area contributed by atoms with Gasteiger partial charge in [-0.1, -0.05) is 20.8 Å². The van der Waals surface area contributed by atoms with Crippen molar-refractivity contribution < 1.29 is 0 Å². The van der Waals surface area contributed by atoms with Crippen molar-refractivity contribution in [3.8, 4) is 0 Å². The van der Waals surface area contributed by atoms with E-state index in [1.54, 1.807) is 0 Å². The van der Waals surface area contributed by atoms with Gasteiger partial charge in [-0.15, -0.1) is 0 Å². The molecule has 3 saturated heterocycles. The Kier molecular flexibility index (Phi) is 3.44. The summed E-state index contributed by atoms with van der Waals surface area (Å²) < 4.78 is 0. The summed E-state index contributed by atoms with van der Waals surface area (Å²) in [7, 11) is 0. The van der Waals surface area contributed by atoms with Crippen molar-refractivity contribution >= 4 is 0 Å². The Labute approximate surface area is 113 Å². The average molecular weight is 250 g/mol. The predicted octanol–water partition coefficient (Wildman–Crippen LogP) is 2.89. The van der Waals surface area contributed by atoms with Crippen LogP contribution in [0.1, 0.15) is 52.9 Å². The Hall–Kier alpha value is -0.0800. The molecule has 1 saturated carbocycles. The van der Waals surface area contributed by atoms with E-state index in [-0.39, 0.29) is 0 Å². The minimum absolute atomic E-state index is 0.576. The van der Waals surface area contributed by atoms with Crippen molar-refractivity contribution in [2.75, 3.05) is 19.6 Å². The van der Waals surface area contributed by atoms with Gasteiger partial charge in [-0.05, 0) is 62.4 Å². The third kappa shape index (κ3) is 2.60. The fourth-order valence-corrected chi connectivity index (χ4v) is 4.62. The highest BCUT2D eigenvalue weighted by atomic mass is 15.2. The molecular weight excluding hydrogens is 220 g/mol. The fourth-order valence-electron chi connectivity index (χ4n) is 4.62. The first kappa shape index (κ1) is 12.9. The quantitative estimate of drug-likeness (QED) is 0.811. The van der Waals surface area contributed by atoms with E-state index in [2.05, 4.69) is 31.0 Å². The topological polar surface area (TPSA) is 15.3 Å². The molecule has 1 N–H and O–H groups in total. The summed E-state index contributed by atoms with van der Waals surface area (Å²) in [6, 6.07) is 1.57. The van der Waals surface area contributed by atoms with Gasteiger partial charge in [-0.3, -0.25) is 0 Å². The number of fused-ring (bicyclic) bond motifs is 3. The van der Waals surface area contributed by atoms with Crippen LogP contribution in [0.15, 0.2) is 0 Å². The first-order valence-corrected chi connectivity index (χ1v) is 8.02. The molecule has 4 fully saturated rings. The maximum atomic E-state index is 4.04. The molecule has 1 aliphatic carbocycles. The summed E-state index contributed by atoms with van der Waals surface area (Å²) in [4.78, 5) is 2.66. The van der Waals surface area contributed by atoms with Gasteiger partial charge in [-0.2, -0.15) is 0 Å². The van der Waals surface area contributed by atoms with Gasteiger partial charge in [0.15, 0.2) is 0 Å². The molecule has 18 heavy (non-hydrogen) atoms. The van der Waals surface area contributed by atoms with Crippen LogP contribution in [-0.4, -0.2) is 36.6 Å². The highest BCUT2D eigenvalue weighted by molar-refractivity contribution is 4.95. The number of piperidine rings is 3. The van der Waals surface area contributed by atoms with E-state index in [1.807, 2.05) is 0 Å². The number of rotatable bonds is 2. The number of nitrogens with one attached hydrogen (secondary N) is 1. The normalized spacial score (nSPS) is 47.2. The van der Waals surface area contributed by atoms with Crippen LogP contribution in [0.2, 0.25) is 0 Å². The zero-order chi connectivity index (χ0) is 12.8. The SMILES string of the molecule is CC1CC(C)(C)CCC1NC1CN2CCC1CC2. The van der Waals surface area contributed by atoms with Crippen molar-refractivity contribution in [2.24, 2.45) is 17.3 Å². The molecule has 0 aromatic heterocycles. The van der Waals surface area contributed by atoms with Gasteiger partial charge in [-0.25, -0.2) is 0 Å². The maximum Gasteiger partial charge on any atom is 0.0226 e. The van der Waals surface area contributed by atoms with Gasteiger partial charge in [0, 0.05) is 18.6 Å². The molecule has 0 radical (unpaired) electrons. The summed E-state index contributed by atoms with van der Waals surface area (Å²) in [5, 5.41) is 4.04. The largest absolute Gasteiger partial charge is 0.309 e. The van der Waals surface area contributed by atoms with Gasteiger partial charge in [0.05, 0.1) is 0 Å². The third-order valence-electron chi connectivity index (χ3n) is 5.78. The van der Waals surface area contributed by atoms with Gasteiger partial charge in [0.2, 0.25) is 0 Å². The van der Waals surface area contributed by atoms with E-state index in [0.29, 0.717) is 5.41 Å². The van der Waals surface area contributed by atoms with Gasteiger partial charge >= 0.3 is 0 Å². The summed E-state index contributed by atoms with van der Waals surface area (Å²) in [5.74, 6) is 1.82. The molecule has 3 aliphatic heterocycles. The zero-order valence-corrected chi connectivity index (χ0v) is 12.4. The smallest absolute Gasteiger partial charge is 0.0226 e. The van der Waals surface area contributed by atoms with Gasteiger partial charge in [0.25, 0.3) is 0 Å². The first-order valence-electron chi connectivity index (χ1n) is 8.02. The molecule has 3 heterocycles. The van der Waals surface area contributed by atoms with Crippen LogP contribution in [0.4, 0.5) is 0 Å². The second-order valence-electron chi connectivity index (χ2n) is 7.90. The monoisotopic (exact) mass is 250 g/mol. The van der Waals surface area contributed by atoms with E-state index in [1.165, 1.54) is 51.7 Å². The number of nitrogens with zero attached hydrogens (tertiary/aromatic N) is 1. The van der Waals surface area contributed by atoms with Crippen LogP contribution in [-0.2, 0) is 0 Å². The molecule has 104 valence electrons. The van der Waals surface area contributed by atoms with Gasteiger partial charge < -0.3 is 10.2 Å². The van der Waals surface area contributed by atoms with Crippen LogP contribution in [0.5, 0.6) is 0 Å². The maximum absolute atomic E-state index is 4.04. The lowest BCUT2D eigenvalue weighted by atomic mass is 9.70. The van der Waals surface area contributed by atoms with E-state index in [4.69, 9.17) is 0 Å². The van der Waals surface area contributed by atoms with E-state index >= 15 is 0 Å². The van der Waals surface area contributed by atoms with E-state index in [9.17, 15) is 0 Å². The third-order valence-corrected chi connectivity index (χ3v) is 5.78. The minimum atomic E-state index is 0.576. The minimum Gasteiger partial charge on any atom is -0.309 e. The molecular formula is C16H30N2. The summed E-state index contributed by atoms with van der Waals surface area (Å²) in [5.41, 5.74) is 0.576. The first-order chi connectivity index (χ1) is 8.53. The fraction of sp³-hybridized carbons (Fsp3) is 1.00. The lowest BCUT2D eigenvalue weighted by Gasteiger charge is -2.48. The van der Waals surface area contributed by atoms with Crippen LogP contribution in [0, 0.1) is 17.3 Å². The van der Waals surface area contributed by atoms with Crippen LogP contribution < -0.4 is 5.32 Å². The highest BCUT2D eigenvalue weighted by Crippen LogP contribution is 2.39. The van der Waals surface area contributed by atoms with Gasteiger partial charge in [0.1, 0.15) is 0 Å². The van der Waals surface area contributed by atoms with Crippen LogP contribution in [0.3, 0.4) is 0 Å². The van der Waals surface area contributed by atoms with Crippen LogP contribution >= 0.6 is 0 Å². The molecule has 2 heteroatoms.